The molecule has 0 radical (unpaired) electrons. The fraction of sp³-hybridized carbons (Fsp3) is 0. The first-order valence-corrected chi connectivity index (χ1v) is 18.4. The molecule has 0 aliphatic carbocycles. The predicted molar refractivity (Wildman–Crippen MR) is 227 cm³/mol. The summed E-state index contributed by atoms with van der Waals surface area (Å²) in [6.45, 7) is 0. The molecule has 0 aliphatic heterocycles. The Bertz CT molecular complexity index is 3450. The first kappa shape index (κ1) is 28.7. The Morgan fingerprint density at radius 2 is 0.585 bits per heavy atom. The van der Waals surface area contributed by atoms with Gasteiger partial charge in [0.25, 0.3) is 0 Å². The minimum atomic E-state index is 0.915. The molecule has 244 valence electrons. The van der Waals surface area contributed by atoms with E-state index in [1.165, 1.54) is 92.3 Å². The number of benzene rings is 11. The maximum absolute atomic E-state index is 6.54. The maximum Gasteiger partial charge on any atom is 0.143 e. The van der Waals surface area contributed by atoms with Crippen molar-refractivity contribution in [2.75, 3.05) is 0 Å². The smallest absolute Gasteiger partial charge is 0.143 e. The average Bonchev–Trinajstić information content (AvgIpc) is 3.61. The van der Waals surface area contributed by atoms with E-state index in [4.69, 9.17) is 4.42 Å². The van der Waals surface area contributed by atoms with Crippen molar-refractivity contribution in [3.63, 3.8) is 0 Å². The van der Waals surface area contributed by atoms with Gasteiger partial charge in [-0.3, -0.25) is 0 Å². The van der Waals surface area contributed by atoms with Crippen LogP contribution in [0.25, 0.3) is 120 Å². The van der Waals surface area contributed by atoms with Crippen LogP contribution in [-0.4, -0.2) is 0 Å². The highest BCUT2D eigenvalue weighted by molar-refractivity contribution is 6.35. The molecule has 1 nitrogen and oxygen atoms in total. The molecule has 0 amide bonds. The highest BCUT2D eigenvalue weighted by Gasteiger charge is 2.23. The second-order valence-corrected chi connectivity index (χ2v) is 14.3. The van der Waals surface area contributed by atoms with E-state index in [9.17, 15) is 0 Å². The monoisotopic (exact) mass is 670 g/mol. The minimum absolute atomic E-state index is 0.915. The molecule has 0 saturated carbocycles. The number of fused-ring (bicyclic) bond motifs is 15. The number of hydrogen-bond acceptors (Lipinski definition) is 1. The van der Waals surface area contributed by atoms with Crippen LogP contribution in [-0.2, 0) is 0 Å². The van der Waals surface area contributed by atoms with Gasteiger partial charge in [0.15, 0.2) is 0 Å². The Morgan fingerprint density at radius 3 is 1.13 bits per heavy atom. The number of furan rings is 1. The average molecular weight is 671 g/mol. The second kappa shape index (κ2) is 10.8. The van der Waals surface area contributed by atoms with E-state index in [2.05, 4.69) is 182 Å². The fourth-order valence-corrected chi connectivity index (χ4v) is 9.44. The molecule has 1 heterocycles. The molecule has 0 saturated heterocycles. The third-order valence-corrected chi connectivity index (χ3v) is 11.6. The first-order chi connectivity index (χ1) is 26.3. The van der Waals surface area contributed by atoms with Crippen LogP contribution in [0.15, 0.2) is 186 Å². The summed E-state index contributed by atoms with van der Waals surface area (Å²) in [5, 5.41) is 19.9. The van der Waals surface area contributed by atoms with Gasteiger partial charge in [-0.15, -0.1) is 0 Å². The molecular formula is C52H30O. The van der Waals surface area contributed by atoms with E-state index in [0.29, 0.717) is 0 Å². The molecule has 0 fully saturated rings. The molecule has 0 atom stereocenters. The third-order valence-electron chi connectivity index (χ3n) is 11.6. The highest BCUT2D eigenvalue weighted by Crippen LogP contribution is 2.50. The van der Waals surface area contributed by atoms with Crippen LogP contribution in [0, 0.1) is 0 Å². The largest absolute Gasteiger partial charge is 0.455 e. The molecule has 53 heavy (non-hydrogen) atoms. The maximum atomic E-state index is 6.54. The lowest BCUT2D eigenvalue weighted by atomic mass is 9.82. The Kier molecular flexibility index (Phi) is 5.84. The van der Waals surface area contributed by atoms with Crippen molar-refractivity contribution in [3.05, 3.63) is 182 Å². The van der Waals surface area contributed by atoms with Gasteiger partial charge in [0.1, 0.15) is 11.2 Å². The summed E-state index contributed by atoms with van der Waals surface area (Å²) in [6, 6.07) is 66.9. The second-order valence-electron chi connectivity index (χ2n) is 14.3. The number of rotatable bonds is 2. The lowest BCUT2D eigenvalue weighted by Crippen LogP contribution is -1.93. The fourth-order valence-electron chi connectivity index (χ4n) is 9.44. The van der Waals surface area contributed by atoms with Crippen molar-refractivity contribution >= 4 is 97.3 Å². The van der Waals surface area contributed by atoms with Crippen LogP contribution < -0.4 is 0 Å². The predicted octanol–water partition coefficient (Wildman–Crippen LogP) is 15.0. The number of para-hydroxylation sites is 1. The zero-order valence-corrected chi connectivity index (χ0v) is 28.7. The minimum Gasteiger partial charge on any atom is -0.455 e. The standard InChI is InChI=1S/C52H30O/c1-2-17-33-31(15-1)32-16-3-6-21-37(32)49-38-22-7-4-18-34(38)45(29-44(33)49)50-39-23-8-10-25-41(39)51(42-26-11-9-24-40(42)50)46-30-47-36-20-13-14-28-48(36)53-52(47)43-27-12-5-19-35(43)46/h1-30H. The summed E-state index contributed by atoms with van der Waals surface area (Å²) in [6.07, 6.45) is 0. The summed E-state index contributed by atoms with van der Waals surface area (Å²) in [7, 11) is 0. The SMILES string of the molecule is c1ccc2c(c1)oc1c3ccccc3c(-c3c4ccccc4c(-c4cc5c6ccccc6c6ccccc6c5c5ccccc45)c4ccccc34)cc21. The quantitative estimate of drug-likeness (QED) is 0.132. The van der Waals surface area contributed by atoms with E-state index in [-0.39, 0.29) is 0 Å². The summed E-state index contributed by atoms with van der Waals surface area (Å²) < 4.78 is 6.54. The van der Waals surface area contributed by atoms with Gasteiger partial charge in [0.2, 0.25) is 0 Å². The summed E-state index contributed by atoms with van der Waals surface area (Å²) in [5.74, 6) is 0. The van der Waals surface area contributed by atoms with E-state index < -0.39 is 0 Å². The van der Waals surface area contributed by atoms with Crippen molar-refractivity contribution in [2.24, 2.45) is 0 Å². The van der Waals surface area contributed by atoms with Crippen molar-refractivity contribution in [2.45, 2.75) is 0 Å². The summed E-state index contributed by atoms with van der Waals surface area (Å²) in [4.78, 5) is 0. The molecule has 1 aromatic heterocycles. The zero-order chi connectivity index (χ0) is 34.6. The zero-order valence-electron chi connectivity index (χ0n) is 28.7. The van der Waals surface area contributed by atoms with Crippen molar-refractivity contribution in [1.82, 2.24) is 0 Å². The van der Waals surface area contributed by atoms with E-state index in [0.717, 1.165) is 27.3 Å². The lowest BCUT2D eigenvalue weighted by Gasteiger charge is -2.21. The van der Waals surface area contributed by atoms with E-state index in [1.54, 1.807) is 0 Å². The molecule has 1 heteroatoms. The van der Waals surface area contributed by atoms with Crippen molar-refractivity contribution in [1.29, 1.82) is 0 Å². The van der Waals surface area contributed by atoms with Gasteiger partial charge in [-0.1, -0.05) is 164 Å². The summed E-state index contributed by atoms with van der Waals surface area (Å²) in [5.41, 5.74) is 6.86. The third kappa shape index (κ3) is 3.91. The molecule has 12 rings (SSSR count). The van der Waals surface area contributed by atoms with Crippen LogP contribution in [0.4, 0.5) is 0 Å². The lowest BCUT2D eigenvalue weighted by molar-refractivity contribution is 0.672. The molecule has 0 N–H and O–H groups in total. The van der Waals surface area contributed by atoms with Gasteiger partial charge < -0.3 is 4.42 Å². The Hall–Kier alpha value is -6.96. The van der Waals surface area contributed by atoms with Crippen LogP contribution in [0.5, 0.6) is 0 Å². The van der Waals surface area contributed by atoms with Gasteiger partial charge >= 0.3 is 0 Å². The molecule has 0 spiro atoms. The van der Waals surface area contributed by atoms with Crippen LogP contribution in [0.2, 0.25) is 0 Å². The van der Waals surface area contributed by atoms with E-state index >= 15 is 0 Å². The van der Waals surface area contributed by atoms with Gasteiger partial charge in [-0.25, -0.2) is 0 Å². The number of hydrogen-bond donors (Lipinski definition) is 0. The van der Waals surface area contributed by atoms with Gasteiger partial charge in [-0.05, 0) is 110 Å². The molecule has 0 unspecified atom stereocenters. The van der Waals surface area contributed by atoms with Gasteiger partial charge in [0, 0.05) is 16.2 Å². The Morgan fingerprint density at radius 1 is 0.245 bits per heavy atom. The Balaban J connectivity index is 1.27. The normalized spacial score (nSPS) is 12.2. The summed E-state index contributed by atoms with van der Waals surface area (Å²) >= 11 is 0. The topological polar surface area (TPSA) is 13.1 Å². The van der Waals surface area contributed by atoms with Crippen molar-refractivity contribution < 1.29 is 4.42 Å². The molecular weight excluding hydrogens is 641 g/mol. The Labute approximate surface area is 304 Å². The van der Waals surface area contributed by atoms with Gasteiger partial charge in [-0.2, -0.15) is 0 Å². The van der Waals surface area contributed by atoms with Crippen LogP contribution in [0.1, 0.15) is 0 Å². The first-order valence-electron chi connectivity index (χ1n) is 18.4. The molecule has 0 bridgehead atoms. The van der Waals surface area contributed by atoms with Crippen LogP contribution >= 0.6 is 0 Å². The van der Waals surface area contributed by atoms with Crippen LogP contribution in [0.3, 0.4) is 0 Å². The molecule has 12 aromatic rings. The van der Waals surface area contributed by atoms with Gasteiger partial charge in [0.05, 0.1) is 0 Å². The van der Waals surface area contributed by atoms with Crippen molar-refractivity contribution in [3.8, 4) is 22.3 Å². The molecule has 11 aromatic carbocycles. The van der Waals surface area contributed by atoms with E-state index in [1.807, 2.05) is 0 Å². The highest BCUT2D eigenvalue weighted by atomic mass is 16.3. The molecule has 0 aliphatic rings.